The first-order chi connectivity index (χ1) is 14.2. The zero-order chi connectivity index (χ0) is 20.5. The van der Waals surface area contributed by atoms with E-state index < -0.39 is 0 Å². The number of morpholine rings is 1. The molecule has 8 heteroatoms. The number of amides is 1. The number of carbonyl (C=O) groups is 1. The van der Waals surface area contributed by atoms with Crippen molar-refractivity contribution in [3.63, 3.8) is 0 Å². The van der Waals surface area contributed by atoms with Crippen molar-refractivity contribution in [2.75, 3.05) is 45.2 Å². The molecule has 1 saturated heterocycles. The maximum Gasteiger partial charge on any atom is 0.221 e. The zero-order valence-electron chi connectivity index (χ0n) is 17.0. The monoisotopic (exact) mass is 415 g/mol. The fraction of sp³-hybridized carbons (Fsp3) is 0.429. The molecule has 0 radical (unpaired) electrons. The third-order valence-corrected chi connectivity index (χ3v) is 5.73. The Kier molecular flexibility index (Phi) is 8.03. The van der Waals surface area contributed by atoms with Crippen LogP contribution in [0.1, 0.15) is 23.4 Å². The van der Waals surface area contributed by atoms with Crippen LogP contribution in [0.25, 0.3) is 0 Å². The van der Waals surface area contributed by atoms with E-state index in [1.165, 1.54) is 11.8 Å². The van der Waals surface area contributed by atoms with E-state index in [2.05, 4.69) is 43.4 Å². The molecule has 3 rings (SSSR count). The molecule has 2 aromatic rings. The number of hydrogen-bond donors (Lipinski definition) is 3. The highest BCUT2D eigenvalue weighted by Gasteiger charge is 2.23. The SMILES string of the molecule is CN=C(NCc1cccc(NC(C)=O)c1)NCC(c1cccs1)N1CCOCC1. The minimum absolute atomic E-state index is 0.0738. The van der Waals surface area contributed by atoms with Gasteiger partial charge in [0.25, 0.3) is 0 Å². The Bertz CT molecular complexity index is 803. The van der Waals surface area contributed by atoms with Crippen LogP contribution in [0.2, 0.25) is 0 Å². The molecular formula is C21H29N5O2S. The standard InChI is InChI=1S/C21H29N5O2S/c1-16(27)25-18-6-3-5-17(13-18)14-23-21(22-2)24-15-19(20-7-4-12-29-20)26-8-10-28-11-9-26/h3-7,12-13,19H,8-11,14-15H2,1-2H3,(H,25,27)(H2,22,23,24). The van der Waals surface area contributed by atoms with Crippen molar-refractivity contribution in [2.24, 2.45) is 4.99 Å². The summed E-state index contributed by atoms with van der Waals surface area (Å²) in [5, 5.41) is 11.8. The van der Waals surface area contributed by atoms with E-state index in [9.17, 15) is 4.79 Å². The van der Waals surface area contributed by atoms with Crippen LogP contribution in [-0.4, -0.2) is 56.7 Å². The molecule has 7 nitrogen and oxygen atoms in total. The van der Waals surface area contributed by atoms with Gasteiger partial charge in [0.15, 0.2) is 5.96 Å². The third kappa shape index (κ3) is 6.56. The van der Waals surface area contributed by atoms with Crippen molar-refractivity contribution in [3.8, 4) is 0 Å². The Balaban J connectivity index is 1.56. The molecule has 3 N–H and O–H groups in total. The summed E-state index contributed by atoms with van der Waals surface area (Å²) in [5.41, 5.74) is 1.87. The normalized spacial score (nSPS) is 16.3. The Morgan fingerprint density at radius 2 is 2.07 bits per heavy atom. The first kappa shape index (κ1) is 21.3. The van der Waals surface area contributed by atoms with Crippen LogP contribution in [-0.2, 0) is 16.1 Å². The van der Waals surface area contributed by atoms with E-state index in [0.717, 1.165) is 50.1 Å². The van der Waals surface area contributed by atoms with E-state index in [4.69, 9.17) is 4.74 Å². The number of nitrogens with one attached hydrogen (secondary N) is 3. The molecule has 0 aliphatic carbocycles. The number of benzene rings is 1. The van der Waals surface area contributed by atoms with Crippen LogP contribution in [0.3, 0.4) is 0 Å². The number of nitrogens with zero attached hydrogens (tertiary/aromatic N) is 2. The van der Waals surface area contributed by atoms with Gasteiger partial charge in [-0.05, 0) is 29.1 Å². The maximum atomic E-state index is 11.2. The number of anilines is 1. The van der Waals surface area contributed by atoms with Crippen molar-refractivity contribution in [2.45, 2.75) is 19.5 Å². The van der Waals surface area contributed by atoms with E-state index in [1.807, 2.05) is 24.3 Å². The minimum atomic E-state index is -0.0738. The van der Waals surface area contributed by atoms with Crippen LogP contribution >= 0.6 is 11.3 Å². The van der Waals surface area contributed by atoms with Gasteiger partial charge in [-0.25, -0.2) is 0 Å². The highest BCUT2D eigenvalue weighted by Crippen LogP contribution is 2.25. The molecule has 1 unspecified atom stereocenters. The Morgan fingerprint density at radius 3 is 2.76 bits per heavy atom. The van der Waals surface area contributed by atoms with Gasteiger partial charge in [-0.1, -0.05) is 18.2 Å². The van der Waals surface area contributed by atoms with Gasteiger partial charge in [-0.3, -0.25) is 14.7 Å². The number of thiophene rings is 1. The molecule has 1 fully saturated rings. The van der Waals surface area contributed by atoms with Crippen molar-refractivity contribution >= 4 is 28.9 Å². The summed E-state index contributed by atoms with van der Waals surface area (Å²) >= 11 is 1.78. The fourth-order valence-corrected chi connectivity index (χ4v) is 4.20. The predicted molar refractivity (Wildman–Crippen MR) is 118 cm³/mol. The minimum Gasteiger partial charge on any atom is -0.379 e. The molecule has 29 heavy (non-hydrogen) atoms. The third-order valence-electron chi connectivity index (χ3n) is 4.75. The second kappa shape index (κ2) is 10.9. The van der Waals surface area contributed by atoms with Crippen LogP contribution in [0.4, 0.5) is 5.69 Å². The number of ether oxygens (including phenoxy) is 1. The average molecular weight is 416 g/mol. The van der Waals surface area contributed by atoms with Gasteiger partial charge in [0.05, 0.1) is 19.3 Å². The van der Waals surface area contributed by atoms with Crippen molar-refractivity contribution in [3.05, 3.63) is 52.2 Å². The van der Waals surface area contributed by atoms with E-state index in [1.54, 1.807) is 18.4 Å². The predicted octanol–water partition coefficient (Wildman–Crippen LogP) is 2.45. The number of guanidine groups is 1. The molecule has 1 aromatic carbocycles. The first-order valence-electron chi connectivity index (χ1n) is 9.82. The number of rotatable bonds is 7. The summed E-state index contributed by atoms with van der Waals surface area (Å²) in [6, 6.07) is 12.4. The fourth-order valence-electron chi connectivity index (χ4n) is 3.34. The van der Waals surface area contributed by atoms with Gasteiger partial charge in [0.1, 0.15) is 0 Å². The molecule has 0 saturated carbocycles. The smallest absolute Gasteiger partial charge is 0.221 e. The summed E-state index contributed by atoms with van der Waals surface area (Å²) in [4.78, 5) is 19.4. The largest absolute Gasteiger partial charge is 0.379 e. The summed E-state index contributed by atoms with van der Waals surface area (Å²) in [7, 11) is 1.78. The summed E-state index contributed by atoms with van der Waals surface area (Å²) in [6.45, 7) is 6.33. The van der Waals surface area contributed by atoms with Crippen molar-refractivity contribution < 1.29 is 9.53 Å². The molecule has 1 aliphatic heterocycles. The molecule has 1 amide bonds. The second-order valence-corrected chi connectivity index (χ2v) is 7.85. The molecule has 1 atom stereocenters. The first-order valence-corrected chi connectivity index (χ1v) is 10.7. The Labute approximate surface area is 176 Å². The molecular weight excluding hydrogens is 386 g/mol. The highest BCUT2D eigenvalue weighted by molar-refractivity contribution is 7.10. The maximum absolute atomic E-state index is 11.2. The van der Waals surface area contributed by atoms with Crippen LogP contribution < -0.4 is 16.0 Å². The van der Waals surface area contributed by atoms with Crippen molar-refractivity contribution in [1.29, 1.82) is 0 Å². The Hall–Kier alpha value is -2.42. The zero-order valence-corrected chi connectivity index (χ0v) is 17.8. The summed E-state index contributed by atoms with van der Waals surface area (Å²) in [6.07, 6.45) is 0. The van der Waals surface area contributed by atoms with Gasteiger partial charge in [-0.2, -0.15) is 0 Å². The molecule has 1 aromatic heterocycles. The lowest BCUT2D eigenvalue weighted by atomic mass is 10.2. The lowest BCUT2D eigenvalue weighted by Crippen LogP contribution is -2.46. The van der Waals surface area contributed by atoms with Gasteiger partial charge in [0.2, 0.25) is 5.91 Å². The van der Waals surface area contributed by atoms with Gasteiger partial charge >= 0.3 is 0 Å². The summed E-state index contributed by atoms with van der Waals surface area (Å²) < 4.78 is 5.51. The Morgan fingerprint density at radius 1 is 1.24 bits per heavy atom. The van der Waals surface area contributed by atoms with E-state index in [-0.39, 0.29) is 5.91 Å². The van der Waals surface area contributed by atoms with E-state index >= 15 is 0 Å². The van der Waals surface area contributed by atoms with Gasteiger partial charge < -0.3 is 20.7 Å². The molecule has 1 aliphatic rings. The number of hydrogen-bond acceptors (Lipinski definition) is 5. The van der Waals surface area contributed by atoms with Crippen LogP contribution in [0.15, 0.2) is 46.8 Å². The van der Waals surface area contributed by atoms with Crippen LogP contribution in [0.5, 0.6) is 0 Å². The van der Waals surface area contributed by atoms with E-state index in [0.29, 0.717) is 12.6 Å². The van der Waals surface area contributed by atoms with Gasteiger partial charge in [-0.15, -0.1) is 11.3 Å². The second-order valence-electron chi connectivity index (χ2n) is 6.87. The highest BCUT2D eigenvalue weighted by atomic mass is 32.1. The topological polar surface area (TPSA) is 78.0 Å². The lowest BCUT2D eigenvalue weighted by molar-refractivity contribution is -0.114. The summed E-state index contributed by atoms with van der Waals surface area (Å²) in [5.74, 6) is 0.681. The molecule has 156 valence electrons. The van der Waals surface area contributed by atoms with Crippen LogP contribution in [0, 0.1) is 0 Å². The molecule has 0 spiro atoms. The number of carbonyl (C=O) groups excluding carboxylic acids is 1. The average Bonchev–Trinajstić information content (AvgIpc) is 3.25. The molecule has 2 heterocycles. The number of aliphatic imine (C=N–C) groups is 1. The molecule has 0 bridgehead atoms. The lowest BCUT2D eigenvalue weighted by Gasteiger charge is -2.34. The quantitative estimate of drug-likeness (QED) is 0.478. The van der Waals surface area contributed by atoms with Gasteiger partial charge in [0, 0.05) is 50.7 Å². The van der Waals surface area contributed by atoms with Crippen molar-refractivity contribution in [1.82, 2.24) is 15.5 Å².